The molecule has 0 spiro atoms. The first-order valence-electron chi connectivity index (χ1n) is 5.80. The highest BCUT2D eigenvalue weighted by Crippen LogP contribution is 2.08. The topological polar surface area (TPSA) is 34.9 Å². The van der Waals surface area contributed by atoms with Gasteiger partial charge in [-0.3, -0.25) is 4.79 Å². The molecule has 0 radical (unpaired) electrons. The fourth-order valence-corrected chi connectivity index (χ4v) is 1.79. The Bertz CT molecular complexity index is 511. The van der Waals surface area contributed by atoms with Crippen LogP contribution in [0.15, 0.2) is 36.7 Å². The molecule has 1 heterocycles. The molecule has 0 bridgehead atoms. The van der Waals surface area contributed by atoms with Crippen LogP contribution in [-0.2, 0) is 13.0 Å². The first-order chi connectivity index (χ1) is 8.20. The van der Waals surface area contributed by atoms with E-state index in [1.807, 2.05) is 48.9 Å². The fraction of sp³-hybridized carbons (Fsp3) is 0.286. The lowest BCUT2D eigenvalue weighted by Gasteiger charge is -2.04. The zero-order valence-electron chi connectivity index (χ0n) is 10.2. The van der Waals surface area contributed by atoms with Crippen LogP contribution in [0.5, 0.6) is 0 Å². The summed E-state index contributed by atoms with van der Waals surface area (Å²) in [6.45, 7) is 4.81. The summed E-state index contributed by atoms with van der Waals surface area (Å²) in [4.78, 5) is 16.2. The smallest absolute Gasteiger partial charge is 0.202 e. The second-order valence-corrected chi connectivity index (χ2v) is 4.12. The average molecular weight is 228 g/mol. The minimum absolute atomic E-state index is 0.0701. The quantitative estimate of drug-likeness (QED) is 0.754. The summed E-state index contributed by atoms with van der Waals surface area (Å²) in [6.07, 6.45) is 3.92. The van der Waals surface area contributed by atoms with Gasteiger partial charge in [0.2, 0.25) is 5.78 Å². The van der Waals surface area contributed by atoms with Gasteiger partial charge in [0.15, 0.2) is 5.82 Å². The summed E-state index contributed by atoms with van der Waals surface area (Å²) >= 11 is 0. The van der Waals surface area contributed by atoms with Gasteiger partial charge < -0.3 is 4.57 Å². The van der Waals surface area contributed by atoms with Crippen LogP contribution in [-0.4, -0.2) is 15.3 Å². The molecule has 0 aliphatic rings. The maximum absolute atomic E-state index is 12.1. The van der Waals surface area contributed by atoms with Gasteiger partial charge in [-0.15, -0.1) is 0 Å². The highest BCUT2D eigenvalue weighted by atomic mass is 16.1. The van der Waals surface area contributed by atoms with Gasteiger partial charge in [0.25, 0.3) is 0 Å². The molecule has 0 unspecified atom stereocenters. The van der Waals surface area contributed by atoms with Crippen molar-refractivity contribution in [2.24, 2.45) is 0 Å². The SMILES string of the molecule is CCn1ccnc1C(=O)Cc1ccc(C)cc1. The van der Waals surface area contributed by atoms with Gasteiger partial charge in [0.05, 0.1) is 0 Å². The predicted molar refractivity (Wildman–Crippen MR) is 67.1 cm³/mol. The third-order valence-corrected chi connectivity index (χ3v) is 2.79. The van der Waals surface area contributed by atoms with Crippen LogP contribution in [0, 0.1) is 6.92 Å². The first-order valence-corrected chi connectivity index (χ1v) is 5.80. The molecule has 1 aromatic heterocycles. The van der Waals surface area contributed by atoms with E-state index in [1.54, 1.807) is 6.20 Å². The van der Waals surface area contributed by atoms with E-state index < -0.39 is 0 Å². The van der Waals surface area contributed by atoms with Crippen molar-refractivity contribution in [3.8, 4) is 0 Å². The second-order valence-electron chi connectivity index (χ2n) is 4.12. The molecule has 0 fully saturated rings. The van der Waals surface area contributed by atoms with Crippen molar-refractivity contribution in [2.75, 3.05) is 0 Å². The Morgan fingerprint density at radius 1 is 1.29 bits per heavy atom. The molecule has 1 aromatic carbocycles. The summed E-state index contributed by atoms with van der Waals surface area (Å²) in [6, 6.07) is 8.03. The largest absolute Gasteiger partial charge is 0.329 e. The maximum atomic E-state index is 12.1. The molecule has 0 aliphatic carbocycles. The fourth-order valence-electron chi connectivity index (χ4n) is 1.79. The molecule has 17 heavy (non-hydrogen) atoms. The van der Waals surface area contributed by atoms with E-state index in [-0.39, 0.29) is 5.78 Å². The van der Waals surface area contributed by atoms with Gasteiger partial charge in [-0.1, -0.05) is 29.8 Å². The van der Waals surface area contributed by atoms with Crippen LogP contribution in [0.25, 0.3) is 0 Å². The van der Waals surface area contributed by atoms with Gasteiger partial charge >= 0.3 is 0 Å². The number of hydrogen-bond donors (Lipinski definition) is 0. The van der Waals surface area contributed by atoms with Crippen molar-refractivity contribution in [1.82, 2.24) is 9.55 Å². The summed E-state index contributed by atoms with van der Waals surface area (Å²) in [7, 11) is 0. The molecular formula is C14H16N2O. The number of rotatable bonds is 4. The Morgan fingerprint density at radius 3 is 2.65 bits per heavy atom. The summed E-state index contributed by atoms with van der Waals surface area (Å²) in [5.74, 6) is 0.619. The Morgan fingerprint density at radius 2 is 2.00 bits per heavy atom. The molecule has 0 saturated heterocycles. The van der Waals surface area contributed by atoms with E-state index in [4.69, 9.17) is 0 Å². The lowest BCUT2D eigenvalue weighted by atomic mass is 10.1. The van der Waals surface area contributed by atoms with Crippen LogP contribution in [0.1, 0.15) is 28.7 Å². The number of carbonyl (C=O) groups is 1. The lowest BCUT2D eigenvalue weighted by molar-refractivity contribution is 0.0979. The van der Waals surface area contributed by atoms with E-state index in [0.717, 1.165) is 12.1 Å². The third-order valence-electron chi connectivity index (χ3n) is 2.79. The van der Waals surface area contributed by atoms with Gasteiger partial charge in [-0.2, -0.15) is 0 Å². The van der Waals surface area contributed by atoms with Crippen molar-refractivity contribution in [1.29, 1.82) is 0 Å². The maximum Gasteiger partial charge on any atom is 0.202 e. The zero-order valence-corrected chi connectivity index (χ0v) is 10.2. The second kappa shape index (κ2) is 4.95. The van der Waals surface area contributed by atoms with Crippen LogP contribution in [0.4, 0.5) is 0 Å². The van der Waals surface area contributed by atoms with E-state index in [2.05, 4.69) is 4.98 Å². The lowest BCUT2D eigenvalue weighted by Crippen LogP contribution is -2.11. The number of hydrogen-bond acceptors (Lipinski definition) is 2. The number of nitrogens with zero attached hydrogens (tertiary/aromatic N) is 2. The molecule has 3 nitrogen and oxygen atoms in total. The third kappa shape index (κ3) is 2.61. The number of Topliss-reactive ketones (excluding diaryl/α,β-unsaturated/α-hetero) is 1. The Kier molecular flexibility index (Phi) is 3.38. The van der Waals surface area contributed by atoms with Crippen LogP contribution < -0.4 is 0 Å². The Balaban J connectivity index is 2.14. The number of aromatic nitrogens is 2. The van der Waals surface area contributed by atoms with Crippen LogP contribution in [0.3, 0.4) is 0 Å². The van der Waals surface area contributed by atoms with Crippen molar-refractivity contribution < 1.29 is 4.79 Å². The van der Waals surface area contributed by atoms with Crippen molar-refractivity contribution in [3.05, 3.63) is 53.6 Å². The molecular weight excluding hydrogens is 212 g/mol. The van der Waals surface area contributed by atoms with Gasteiger partial charge in [0.1, 0.15) is 0 Å². The Labute approximate surface area is 101 Å². The average Bonchev–Trinajstić information content (AvgIpc) is 2.80. The molecule has 0 N–H and O–H groups in total. The number of carbonyl (C=O) groups excluding carboxylic acids is 1. The molecule has 0 aliphatic heterocycles. The van der Waals surface area contributed by atoms with E-state index in [9.17, 15) is 4.79 Å². The van der Waals surface area contributed by atoms with Gasteiger partial charge in [-0.05, 0) is 19.4 Å². The summed E-state index contributed by atoms with van der Waals surface area (Å²) < 4.78 is 1.87. The molecule has 88 valence electrons. The van der Waals surface area contributed by atoms with Crippen molar-refractivity contribution in [3.63, 3.8) is 0 Å². The monoisotopic (exact) mass is 228 g/mol. The van der Waals surface area contributed by atoms with Crippen molar-refractivity contribution >= 4 is 5.78 Å². The molecule has 2 aromatic rings. The molecule has 3 heteroatoms. The highest BCUT2D eigenvalue weighted by molar-refractivity contribution is 5.94. The number of ketones is 1. The van der Waals surface area contributed by atoms with Crippen LogP contribution in [0.2, 0.25) is 0 Å². The minimum Gasteiger partial charge on any atom is -0.329 e. The summed E-state index contributed by atoms with van der Waals surface area (Å²) in [5, 5.41) is 0. The number of imidazole rings is 1. The molecule has 0 atom stereocenters. The summed E-state index contributed by atoms with van der Waals surface area (Å²) in [5.41, 5.74) is 2.24. The number of benzene rings is 1. The standard InChI is InChI=1S/C14H16N2O/c1-3-16-9-8-15-14(16)13(17)10-12-6-4-11(2)5-7-12/h4-9H,3,10H2,1-2H3. The first kappa shape index (κ1) is 11.6. The molecule has 0 saturated carbocycles. The highest BCUT2D eigenvalue weighted by Gasteiger charge is 2.12. The van der Waals surface area contributed by atoms with E-state index in [0.29, 0.717) is 12.2 Å². The zero-order chi connectivity index (χ0) is 12.3. The predicted octanol–water partition coefficient (Wildman–Crippen LogP) is 2.64. The van der Waals surface area contributed by atoms with Crippen LogP contribution >= 0.6 is 0 Å². The van der Waals surface area contributed by atoms with E-state index in [1.165, 1.54) is 5.56 Å². The van der Waals surface area contributed by atoms with E-state index >= 15 is 0 Å². The minimum atomic E-state index is 0.0701. The molecule has 2 rings (SSSR count). The van der Waals surface area contributed by atoms with Crippen molar-refractivity contribution in [2.45, 2.75) is 26.8 Å². The number of aryl methyl sites for hydroxylation is 2. The normalized spacial score (nSPS) is 10.5. The van der Waals surface area contributed by atoms with Gasteiger partial charge in [0, 0.05) is 25.4 Å². The Hall–Kier alpha value is -1.90. The van der Waals surface area contributed by atoms with Gasteiger partial charge in [-0.25, -0.2) is 4.98 Å². The molecule has 0 amide bonds.